The van der Waals surface area contributed by atoms with Gasteiger partial charge in [0.25, 0.3) is 0 Å². The van der Waals surface area contributed by atoms with Gasteiger partial charge in [0.15, 0.2) is 0 Å². The Morgan fingerprint density at radius 3 is 2.59 bits per heavy atom. The van der Waals surface area contributed by atoms with Crippen LogP contribution >= 0.6 is 0 Å². The molecule has 0 aliphatic rings. The molecular formula is C13H17FO3. The van der Waals surface area contributed by atoms with E-state index in [1.807, 2.05) is 0 Å². The predicted octanol–water partition coefficient (Wildman–Crippen LogP) is 3.34. The Morgan fingerprint density at radius 2 is 2.06 bits per heavy atom. The second-order valence-electron chi connectivity index (χ2n) is 5.10. The number of benzene rings is 1. The lowest BCUT2D eigenvalue weighted by atomic mass is 9.93. The molecule has 0 saturated heterocycles. The SMILES string of the molecule is CC(C)(C)CCOc1ccc(F)cc1C(=O)O. The summed E-state index contributed by atoms with van der Waals surface area (Å²) in [6.45, 7) is 6.62. The summed E-state index contributed by atoms with van der Waals surface area (Å²) in [6, 6.07) is 3.51. The number of carboxylic acids is 1. The second-order valence-corrected chi connectivity index (χ2v) is 5.10. The first-order valence-electron chi connectivity index (χ1n) is 5.45. The van der Waals surface area contributed by atoms with Gasteiger partial charge in [0, 0.05) is 0 Å². The van der Waals surface area contributed by atoms with Crippen molar-refractivity contribution in [3.63, 3.8) is 0 Å². The highest BCUT2D eigenvalue weighted by molar-refractivity contribution is 5.90. The third-order valence-electron chi connectivity index (χ3n) is 2.28. The van der Waals surface area contributed by atoms with E-state index in [2.05, 4.69) is 20.8 Å². The normalized spacial score (nSPS) is 11.3. The molecule has 94 valence electrons. The molecule has 0 bridgehead atoms. The lowest BCUT2D eigenvalue weighted by Crippen LogP contribution is -2.12. The topological polar surface area (TPSA) is 46.5 Å². The average molecular weight is 240 g/mol. The van der Waals surface area contributed by atoms with Crippen molar-refractivity contribution in [2.75, 3.05) is 6.61 Å². The lowest BCUT2D eigenvalue weighted by molar-refractivity contribution is 0.0691. The molecule has 0 unspecified atom stereocenters. The molecule has 0 aliphatic carbocycles. The number of aromatic carboxylic acids is 1. The van der Waals surface area contributed by atoms with Crippen LogP contribution in [0.3, 0.4) is 0 Å². The zero-order valence-corrected chi connectivity index (χ0v) is 10.3. The monoisotopic (exact) mass is 240 g/mol. The Kier molecular flexibility index (Phi) is 4.10. The first-order chi connectivity index (χ1) is 7.79. The van der Waals surface area contributed by atoms with Gasteiger partial charge in [-0.25, -0.2) is 9.18 Å². The molecule has 1 rings (SSSR count). The molecule has 0 saturated carbocycles. The molecule has 1 N–H and O–H groups in total. The van der Waals surface area contributed by atoms with Crippen molar-refractivity contribution >= 4 is 5.97 Å². The van der Waals surface area contributed by atoms with Gasteiger partial charge in [-0.3, -0.25) is 0 Å². The molecule has 1 aromatic rings. The van der Waals surface area contributed by atoms with Crippen LogP contribution in [0.15, 0.2) is 18.2 Å². The van der Waals surface area contributed by atoms with E-state index in [0.29, 0.717) is 6.61 Å². The van der Waals surface area contributed by atoms with Gasteiger partial charge in [-0.15, -0.1) is 0 Å². The van der Waals surface area contributed by atoms with Crippen LogP contribution < -0.4 is 4.74 Å². The van der Waals surface area contributed by atoms with Gasteiger partial charge in [-0.05, 0) is 30.0 Å². The Labute approximate surface area is 100 Å². The molecule has 3 nitrogen and oxygen atoms in total. The summed E-state index contributed by atoms with van der Waals surface area (Å²) in [5, 5.41) is 8.90. The summed E-state index contributed by atoms with van der Waals surface area (Å²) in [7, 11) is 0. The zero-order chi connectivity index (χ0) is 13.1. The maximum Gasteiger partial charge on any atom is 0.339 e. The lowest BCUT2D eigenvalue weighted by Gasteiger charge is -2.18. The maximum absolute atomic E-state index is 12.9. The highest BCUT2D eigenvalue weighted by atomic mass is 19.1. The molecule has 0 fully saturated rings. The Balaban J connectivity index is 2.74. The molecule has 17 heavy (non-hydrogen) atoms. The van der Waals surface area contributed by atoms with E-state index in [4.69, 9.17) is 9.84 Å². The Morgan fingerprint density at radius 1 is 1.41 bits per heavy atom. The van der Waals surface area contributed by atoms with Crippen LogP contribution in [0.1, 0.15) is 37.6 Å². The van der Waals surface area contributed by atoms with Crippen molar-refractivity contribution in [3.8, 4) is 5.75 Å². The molecule has 1 aromatic carbocycles. The van der Waals surface area contributed by atoms with Gasteiger partial charge >= 0.3 is 5.97 Å². The summed E-state index contributed by atoms with van der Waals surface area (Å²) in [4.78, 5) is 10.9. The molecular weight excluding hydrogens is 223 g/mol. The van der Waals surface area contributed by atoms with Crippen molar-refractivity contribution in [2.45, 2.75) is 27.2 Å². The standard InChI is InChI=1S/C13H17FO3/c1-13(2,3)6-7-17-11-5-4-9(14)8-10(11)12(15)16/h4-5,8H,6-7H2,1-3H3,(H,15,16). The van der Waals surface area contributed by atoms with Crippen molar-refractivity contribution in [1.29, 1.82) is 0 Å². The molecule has 0 aliphatic heterocycles. The van der Waals surface area contributed by atoms with Gasteiger partial charge < -0.3 is 9.84 Å². The van der Waals surface area contributed by atoms with Crippen molar-refractivity contribution in [2.24, 2.45) is 5.41 Å². The fraction of sp³-hybridized carbons (Fsp3) is 0.462. The summed E-state index contributed by atoms with van der Waals surface area (Å²) < 4.78 is 18.3. The smallest absolute Gasteiger partial charge is 0.339 e. The van der Waals surface area contributed by atoms with E-state index in [-0.39, 0.29) is 16.7 Å². The minimum atomic E-state index is -1.18. The molecule has 0 radical (unpaired) electrons. The summed E-state index contributed by atoms with van der Waals surface area (Å²) in [5.41, 5.74) is -0.0254. The van der Waals surface area contributed by atoms with Crippen molar-refractivity contribution in [1.82, 2.24) is 0 Å². The van der Waals surface area contributed by atoms with Crippen molar-refractivity contribution < 1.29 is 19.0 Å². The number of halogens is 1. The number of rotatable bonds is 4. The first kappa shape index (κ1) is 13.5. The van der Waals surface area contributed by atoms with E-state index in [1.54, 1.807) is 0 Å². The Bertz CT molecular complexity index is 408. The van der Waals surface area contributed by atoms with E-state index in [0.717, 1.165) is 12.5 Å². The number of carboxylic acid groups (broad SMARTS) is 1. The first-order valence-corrected chi connectivity index (χ1v) is 5.45. The number of hydrogen-bond acceptors (Lipinski definition) is 2. The van der Waals surface area contributed by atoms with E-state index in [9.17, 15) is 9.18 Å². The molecule has 0 aromatic heterocycles. The van der Waals surface area contributed by atoms with Crippen LogP contribution in [-0.4, -0.2) is 17.7 Å². The minimum Gasteiger partial charge on any atom is -0.493 e. The number of carbonyl (C=O) groups is 1. The molecule has 0 amide bonds. The summed E-state index contributed by atoms with van der Waals surface area (Å²) >= 11 is 0. The van der Waals surface area contributed by atoms with Crippen LogP contribution in [0.4, 0.5) is 4.39 Å². The molecule has 0 atom stereocenters. The number of hydrogen-bond donors (Lipinski definition) is 1. The van der Waals surface area contributed by atoms with Gasteiger partial charge in [0.05, 0.1) is 6.61 Å². The number of ether oxygens (including phenoxy) is 1. The van der Waals surface area contributed by atoms with Crippen LogP contribution in [0.5, 0.6) is 5.75 Å². The van der Waals surface area contributed by atoms with Crippen LogP contribution in [0.25, 0.3) is 0 Å². The quantitative estimate of drug-likeness (QED) is 0.878. The van der Waals surface area contributed by atoms with Gasteiger partial charge in [0.2, 0.25) is 0 Å². The molecule has 0 heterocycles. The largest absolute Gasteiger partial charge is 0.493 e. The molecule has 4 heteroatoms. The van der Waals surface area contributed by atoms with Crippen LogP contribution in [0, 0.1) is 11.2 Å². The third-order valence-corrected chi connectivity index (χ3v) is 2.28. The van der Waals surface area contributed by atoms with Crippen LogP contribution in [0.2, 0.25) is 0 Å². The van der Waals surface area contributed by atoms with E-state index >= 15 is 0 Å². The van der Waals surface area contributed by atoms with Gasteiger partial charge in [0.1, 0.15) is 17.1 Å². The van der Waals surface area contributed by atoms with Gasteiger partial charge in [-0.1, -0.05) is 20.8 Å². The summed E-state index contributed by atoms with van der Waals surface area (Å²) in [6.07, 6.45) is 0.795. The zero-order valence-electron chi connectivity index (χ0n) is 10.3. The fourth-order valence-corrected chi connectivity index (χ4v) is 1.26. The highest BCUT2D eigenvalue weighted by Crippen LogP contribution is 2.23. The van der Waals surface area contributed by atoms with Crippen molar-refractivity contribution in [3.05, 3.63) is 29.6 Å². The average Bonchev–Trinajstić information content (AvgIpc) is 2.18. The fourth-order valence-electron chi connectivity index (χ4n) is 1.26. The highest BCUT2D eigenvalue weighted by Gasteiger charge is 2.14. The second kappa shape index (κ2) is 5.17. The Hall–Kier alpha value is -1.58. The maximum atomic E-state index is 12.9. The van der Waals surface area contributed by atoms with E-state index < -0.39 is 11.8 Å². The minimum absolute atomic E-state index is 0.115. The molecule has 0 spiro atoms. The van der Waals surface area contributed by atoms with Crippen LogP contribution in [-0.2, 0) is 0 Å². The van der Waals surface area contributed by atoms with E-state index in [1.165, 1.54) is 12.1 Å². The predicted molar refractivity (Wildman–Crippen MR) is 62.9 cm³/mol. The summed E-state index contributed by atoms with van der Waals surface area (Å²) in [5.74, 6) is -1.55. The third kappa shape index (κ3) is 4.43. The van der Waals surface area contributed by atoms with Gasteiger partial charge in [-0.2, -0.15) is 0 Å².